The van der Waals surface area contributed by atoms with Gasteiger partial charge in [-0.3, -0.25) is 4.79 Å². The Kier molecular flexibility index (Phi) is 4.13. The van der Waals surface area contributed by atoms with Crippen LogP contribution < -0.4 is 5.73 Å². The standard InChI is InChI=1S/C12H15ClN2O3S/c13-9-3-5-11(6-4-9)19(17,18)15-7-1-2-10(15)8-12(14)16/h3-6,10H,1-2,7-8H2,(H2,14,16). The molecule has 2 N–H and O–H groups in total. The Balaban J connectivity index is 2.28. The summed E-state index contributed by atoms with van der Waals surface area (Å²) in [6.45, 7) is 0.420. The number of benzene rings is 1. The van der Waals surface area contributed by atoms with Crippen LogP contribution in [0.1, 0.15) is 19.3 Å². The number of sulfonamides is 1. The van der Waals surface area contributed by atoms with Crippen molar-refractivity contribution in [2.24, 2.45) is 5.73 Å². The van der Waals surface area contributed by atoms with Crippen molar-refractivity contribution in [2.45, 2.75) is 30.2 Å². The molecule has 1 aromatic carbocycles. The van der Waals surface area contributed by atoms with Gasteiger partial charge in [-0.15, -0.1) is 0 Å². The van der Waals surface area contributed by atoms with Crippen molar-refractivity contribution in [1.82, 2.24) is 4.31 Å². The minimum absolute atomic E-state index is 0.0623. The summed E-state index contributed by atoms with van der Waals surface area (Å²) in [5, 5.41) is 0.481. The fourth-order valence-corrected chi connectivity index (χ4v) is 4.12. The highest BCUT2D eigenvalue weighted by Crippen LogP contribution is 2.28. The molecule has 0 spiro atoms. The van der Waals surface area contributed by atoms with Crippen LogP contribution in [-0.4, -0.2) is 31.2 Å². The molecule has 1 amide bonds. The molecule has 1 heterocycles. The molecular formula is C12H15ClN2O3S. The largest absolute Gasteiger partial charge is 0.370 e. The van der Waals surface area contributed by atoms with Crippen LogP contribution in [0.4, 0.5) is 0 Å². The van der Waals surface area contributed by atoms with E-state index in [-0.39, 0.29) is 17.4 Å². The normalized spacial score (nSPS) is 20.6. The number of halogens is 1. The third-order valence-electron chi connectivity index (χ3n) is 3.18. The van der Waals surface area contributed by atoms with E-state index < -0.39 is 15.9 Å². The molecule has 1 aliphatic rings. The first-order valence-electron chi connectivity index (χ1n) is 5.97. The number of nitrogens with two attached hydrogens (primary N) is 1. The van der Waals surface area contributed by atoms with Gasteiger partial charge in [0, 0.05) is 24.0 Å². The molecule has 0 aliphatic carbocycles. The Morgan fingerprint density at radius 2 is 2.00 bits per heavy atom. The average Bonchev–Trinajstić information content (AvgIpc) is 2.77. The maximum Gasteiger partial charge on any atom is 0.243 e. The van der Waals surface area contributed by atoms with Gasteiger partial charge in [-0.05, 0) is 37.1 Å². The quantitative estimate of drug-likeness (QED) is 0.912. The topological polar surface area (TPSA) is 80.5 Å². The van der Waals surface area contributed by atoms with Crippen LogP contribution in [0.2, 0.25) is 5.02 Å². The highest BCUT2D eigenvalue weighted by Gasteiger charge is 2.35. The van der Waals surface area contributed by atoms with Crippen LogP contribution in [0.25, 0.3) is 0 Å². The monoisotopic (exact) mass is 302 g/mol. The summed E-state index contributed by atoms with van der Waals surface area (Å²) in [5.41, 5.74) is 5.16. The van der Waals surface area contributed by atoms with Gasteiger partial charge in [0.05, 0.1) is 4.90 Å². The van der Waals surface area contributed by atoms with Crippen molar-refractivity contribution in [3.05, 3.63) is 29.3 Å². The van der Waals surface area contributed by atoms with Gasteiger partial charge in [-0.2, -0.15) is 4.31 Å². The van der Waals surface area contributed by atoms with Crippen molar-refractivity contribution < 1.29 is 13.2 Å². The molecular weight excluding hydrogens is 288 g/mol. The van der Waals surface area contributed by atoms with E-state index >= 15 is 0 Å². The van der Waals surface area contributed by atoms with Crippen molar-refractivity contribution in [1.29, 1.82) is 0 Å². The minimum atomic E-state index is -3.58. The molecule has 104 valence electrons. The predicted octanol–water partition coefficient (Wildman–Crippen LogP) is 1.37. The highest BCUT2D eigenvalue weighted by atomic mass is 35.5. The molecule has 0 radical (unpaired) electrons. The molecule has 2 rings (SSSR count). The second-order valence-electron chi connectivity index (χ2n) is 4.54. The van der Waals surface area contributed by atoms with Crippen molar-refractivity contribution in [2.75, 3.05) is 6.54 Å². The van der Waals surface area contributed by atoms with Gasteiger partial charge in [0.15, 0.2) is 0 Å². The number of hydrogen-bond donors (Lipinski definition) is 1. The van der Waals surface area contributed by atoms with Gasteiger partial charge in [-0.1, -0.05) is 11.6 Å². The molecule has 1 saturated heterocycles. The summed E-state index contributed by atoms with van der Waals surface area (Å²) in [6.07, 6.45) is 1.47. The average molecular weight is 303 g/mol. The van der Waals surface area contributed by atoms with Crippen molar-refractivity contribution >= 4 is 27.5 Å². The van der Waals surface area contributed by atoms with E-state index in [1.807, 2.05) is 0 Å². The number of nitrogens with zero attached hydrogens (tertiary/aromatic N) is 1. The molecule has 0 bridgehead atoms. The minimum Gasteiger partial charge on any atom is -0.370 e. The Morgan fingerprint density at radius 1 is 1.37 bits per heavy atom. The number of carbonyl (C=O) groups is 1. The molecule has 1 unspecified atom stereocenters. The molecule has 1 fully saturated rings. The van der Waals surface area contributed by atoms with Crippen molar-refractivity contribution in [3.8, 4) is 0 Å². The molecule has 5 nitrogen and oxygen atoms in total. The molecule has 7 heteroatoms. The number of primary amides is 1. The zero-order chi connectivity index (χ0) is 14.0. The lowest BCUT2D eigenvalue weighted by Crippen LogP contribution is -2.37. The lowest BCUT2D eigenvalue weighted by atomic mass is 10.1. The van der Waals surface area contributed by atoms with Crippen LogP contribution in [0.15, 0.2) is 29.2 Å². The third-order valence-corrected chi connectivity index (χ3v) is 5.40. The van der Waals surface area contributed by atoms with E-state index in [2.05, 4.69) is 0 Å². The zero-order valence-corrected chi connectivity index (χ0v) is 11.8. The third kappa shape index (κ3) is 3.08. The Hall–Kier alpha value is -1.11. The first-order chi connectivity index (χ1) is 8.91. The van der Waals surface area contributed by atoms with Gasteiger partial charge in [0.25, 0.3) is 0 Å². The molecule has 1 aliphatic heterocycles. The van der Waals surface area contributed by atoms with Gasteiger partial charge in [0.1, 0.15) is 0 Å². The van der Waals surface area contributed by atoms with E-state index in [1.165, 1.54) is 28.6 Å². The Morgan fingerprint density at radius 3 is 2.58 bits per heavy atom. The summed E-state index contributed by atoms with van der Waals surface area (Å²) >= 11 is 5.75. The van der Waals surface area contributed by atoms with Crippen LogP contribution in [0, 0.1) is 0 Å². The maximum absolute atomic E-state index is 12.5. The fourth-order valence-electron chi connectivity index (χ4n) is 2.30. The number of carbonyl (C=O) groups excluding carboxylic acids is 1. The van der Waals surface area contributed by atoms with E-state index in [1.54, 1.807) is 0 Å². The van der Waals surface area contributed by atoms with E-state index in [0.29, 0.717) is 18.0 Å². The van der Waals surface area contributed by atoms with Gasteiger partial charge in [-0.25, -0.2) is 8.42 Å². The smallest absolute Gasteiger partial charge is 0.243 e. The Labute approximate surface area is 117 Å². The van der Waals surface area contributed by atoms with Gasteiger partial charge in [0.2, 0.25) is 15.9 Å². The molecule has 0 aromatic heterocycles. The molecule has 1 aromatic rings. The van der Waals surface area contributed by atoms with Gasteiger partial charge < -0.3 is 5.73 Å². The molecule has 19 heavy (non-hydrogen) atoms. The number of amides is 1. The van der Waals surface area contributed by atoms with E-state index in [4.69, 9.17) is 17.3 Å². The van der Waals surface area contributed by atoms with Crippen LogP contribution in [0.5, 0.6) is 0 Å². The summed E-state index contributed by atoms with van der Waals surface area (Å²) < 4.78 is 26.3. The summed E-state index contributed by atoms with van der Waals surface area (Å²) in [4.78, 5) is 11.2. The maximum atomic E-state index is 12.5. The Bertz CT molecular complexity index is 571. The number of rotatable bonds is 4. The number of hydrogen-bond acceptors (Lipinski definition) is 3. The summed E-state index contributed by atoms with van der Waals surface area (Å²) in [5.74, 6) is -0.483. The fraction of sp³-hybridized carbons (Fsp3) is 0.417. The first-order valence-corrected chi connectivity index (χ1v) is 7.79. The van der Waals surface area contributed by atoms with Crippen LogP contribution in [0.3, 0.4) is 0 Å². The second-order valence-corrected chi connectivity index (χ2v) is 6.86. The van der Waals surface area contributed by atoms with Crippen LogP contribution in [-0.2, 0) is 14.8 Å². The highest BCUT2D eigenvalue weighted by molar-refractivity contribution is 7.89. The predicted molar refractivity (Wildman–Crippen MR) is 72.2 cm³/mol. The lowest BCUT2D eigenvalue weighted by molar-refractivity contribution is -0.118. The van der Waals surface area contributed by atoms with Gasteiger partial charge >= 0.3 is 0 Å². The summed E-state index contributed by atoms with van der Waals surface area (Å²) in [6, 6.07) is 5.67. The first kappa shape index (κ1) is 14.3. The second kappa shape index (κ2) is 5.48. The zero-order valence-electron chi connectivity index (χ0n) is 10.3. The van der Waals surface area contributed by atoms with Crippen molar-refractivity contribution in [3.63, 3.8) is 0 Å². The van der Waals surface area contributed by atoms with Crippen LogP contribution >= 0.6 is 11.6 Å². The lowest BCUT2D eigenvalue weighted by Gasteiger charge is -2.23. The molecule has 0 saturated carbocycles. The SMILES string of the molecule is NC(=O)CC1CCCN1S(=O)(=O)c1ccc(Cl)cc1. The molecule has 1 atom stereocenters. The van der Waals surface area contributed by atoms with E-state index in [9.17, 15) is 13.2 Å². The van der Waals surface area contributed by atoms with E-state index in [0.717, 1.165) is 6.42 Å². The summed E-state index contributed by atoms with van der Waals surface area (Å²) in [7, 11) is -3.58.